The zero-order chi connectivity index (χ0) is 14.3. The van der Waals surface area contributed by atoms with Gasteiger partial charge in [0.15, 0.2) is 11.2 Å². The van der Waals surface area contributed by atoms with Gasteiger partial charge in [0.1, 0.15) is 0 Å². The van der Waals surface area contributed by atoms with Gasteiger partial charge in [0.2, 0.25) is 0 Å². The third kappa shape index (κ3) is 2.07. The molecule has 1 unspecified atom stereocenters. The largest absolute Gasteiger partial charge is 0.381 e. The first-order valence-corrected chi connectivity index (χ1v) is 6.72. The Bertz CT molecular complexity index is 749. The highest BCUT2D eigenvalue weighted by Crippen LogP contribution is 2.31. The average molecular weight is 278 g/mol. The summed E-state index contributed by atoms with van der Waals surface area (Å²) in [7, 11) is 1.74. The second-order valence-electron chi connectivity index (χ2n) is 5.80. The molecule has 3 rings (SSSR count). The van der Waals surface area contributed by atoms with Crippen molar-refractivity contribution in [3.8, 4) is 0 Å². The summed E-state index contributed by atoms with van der Waals surface area (Å²) in [5.41, 5.74) is 0.134. The van der Waals surface area contributed by atoms with Gasteiger partial charge in [0, 0.05) is 20.2 Å². The van der Waals surface area contributed by atoms with E-state index in [1.165, 1.54) is 10.9 Å². The lowest BCUT2D eigenvalue weighted by Crippen LogP contribution is -2.37. The standard InChI is InChI=1S/C13H18N4O3/c1-13(4-6-20-7-13)3-5-17-11(18)9-10(15-12(17)19)14-8-16(9)2/h8H,3-7H2,1-2H3,(H,15,19). The molecule has 0 spiro atoms. The maximum Gasteiger partial charge on any atom is 0.330 e. The number of H-pyrrole nitrogens is 1. The van der Waals surface area contributed by atoms with Gasteiger partial charge in [-0.15, -0.1) is 0 Å². The van der Waals surface area contributed by atoms with Crippen molar-refractivity contribution in [2.75, 3.05) is 13.2 Å². The summed E-state index contributed by atoms with van der Waals surface area (Å²) >= 11 is 0. The minimum Gasteiger partial charge on any atom is -0.381 e. The summed E-state index contributed by atoms with van der Waals surface area (Å²) in [6.45, 7) is 3.97. The summed E-state index contributed by atoms with van der Waals surface area (Å²) in [6, 6.07) is 0. The molecular weight excluding hydrogens is 260 g/mol. The number of hydrogen-bond donors (Lipinski definition) is 1. The van der Waals surface area contributed by atoms with Crippen LogP contribution in [0.5, 0.6) is 0 Å². The number of imidazole rings is 1. The third-order valence-corrected chi connectivity index (χ3v) is 4.09. The van der Waals surface area contributed by atoms with Crippen LogP contribution in [0.25, 0.3) is 11.2 Å². The van der Waals surface area contributed by atoms with E-state index in [2.05, 4.69) is 16.9 Å². The molecule has 1 fully saturated rings. The van der Waals surface area contributed by atoms with E-state index in [9.17, 15) is 9.59 Å². The molecule has 2 aromatic heterocycles. The van der Waals surface area contributed by atoms with Crippen LogP contribution in [-0.4, -0.2) is 32.3 Å². The summed E-state index contributed by atoms with van der Waals surface area (Å²) in [5, 5.41) is 0. The van der Waals surface area contributed by atoms with Crippen LogP contribution in [0.4, 0.5) is 0 Å². The van der Waals surface area contributed by atoms with E-state index in [1.54, 1.807) is 11.6 Å². The van der Waals surface area contributed by atoms with Gasteiger partial charge in [-0.25, -0.2) is 9.78 Å². The molecule has 7 heteroatoms. The van der Waals surface area contributed by atoms with Crippen LogP contribution in [0.1, 0.15) is 19.8 Å². The molecule has 1 aliphatic rings. The van der Waals surface area contributed by atoms with Crippen molar-refractivity contribution in [1.29, 1.82) is 0 Å². The Kier molecular flexibility index (Phi) is 3.01. The number of fused-ring (bicyclic) bond motifs is 1. The molecule has 1 atom stereocenters. The van der Waals surface area contributed by atoms with Gasteiger partial charge in [-0.05, 0) is 18.3 Å². The van der Waals surface area contributed by atoms with E-state index in [4.69, 9.17) is 4.74 Å². The highest BCUT2D eigenvalue weighted by Gasteiger charge is 2.29. The fraction of sp³-hybridized carbons (Fsp3) is 0.615. The normalized spacial score (nSPS) is 22.7. The Hall–Kier alpha value is -1.89. The summed E-state index contributed by atoms with van der Waals surface area (Å²) in [5.74, 6) is 0. The number of nitrogens with zero attached hydrogens (tertiary/aromatic N) is 3. The van der Waals surface area contributed by atoms with Gasteiger partial charge < -0.3 is 9.30 Å². The van der Waals surface area contributed by atoms with Crippen LogP contribution < -0.4 is 11.2 Å². The zero-order valence-electron chi connectivity index (χ0n) is 11.7. The molecule has 7 nitrogen and oxygen atoms in total. The third-order valence-electron chi connectivity index (χ3n) is 4.09. The van der Waals surface area contributed by atoms with Gasteiger partial charge in [0.25, 0.3) is 5.56 Å². The molecule has 0 bridgehead atoms. The van der Waals surface area contributed by atoms with Gasteiger partial charge in [0.05, 0.1) is 12.9 Å². The maximum absolute atomic E-state index is 12.4. The molecule has 0 amide bonds. The Morgan fingerprint density at radius 3 is 3.00 bits per heavy atom. The Labute approximate surface area is 115 Å². The van der Waals surface area contributed by atoms with Crippen LogP contribution in [-0.2, 0) is 18.3 Å². The van der Waals surface area contributed by atoms with Crippen molar-refractivity contribution in [3.05, 3.63) is 27.2 Å². The molecule has 108 valence electrons. The van der Waals surface area contributed by atoms with Crippen LogP contribution in [0.15, 0.2) is 15.9 Å². The predicted octanol–water partition coefficient (Wildman–Crippen LogP) is 0.240. The van der Waals surface area contributed by atoms with Gasteiger partial charge in [-0.3, -0.25) is 14.3 Å². The quantitative estimate of drug-likeness (QED) is 0.872. The summed E-state index contributed by atoms with van der Waals surface area (Å²) in [4.78, 5) is 31.0. The van der Waals surface area contributed by atoms with E-state index < -0.39 is 5.69 Å². The van der Waals surface area contributed by atoms with Crippen molar-refractivity contribution >= 4 is 11.2 Å². The smallest absolute Gasteiger partial charge is 0.330 e. The molecule has 20 heavy (non-hydrogen) atoms. The van der Waals surface area contributed by atoms with Crippen molar-refractivity contribution in [1.82, 2.24) is 19.1 Å². The van der Waals surface area contributed by atoms with Crippen LogP contribution in [0.2, 0.25) is 0 Å². The second-order valence-corrected chi connectivity index (χ2v) is 5.80. The molecule has 1 saturated heterocycles. The first-order valence-electron chi connectivity index (χ1n) is 6.72. The molecule has 0 radical (unpaired) electrons. The number of ether oxygens (including phenoxy) is 1. The molecule has 3 heterocycles. The van der Waals surface area contributed by atoms with Crippen LogP contribution in [0.3, 0.4) is 0 Å². The van der Waals surface area contributed by atoms with E-state index in [0.29, 0.717) is 24.3 Å². The lowest BCUT2D eigenvalue weighted by Gasteiger charge is -2.21. The van der Waals surface area contributed by atoms with Crippen molar-refractivity contribution < 1.29 is 4.74 Å². The van der Waals surface area contributed by atoms with Crippen molar-refractivity contribution in [3.63, 3.8) is 0 Å². The minimum atomic E-state index is -0.399. The first-order chi connectivity index (χ1) is 9.50. The second kappa shape index (κ2) is 4.59. The summed E-state index contributed by atoms with van der Waals surface area (Å²) in [6.07, 6.45) is 3.24. The minimum absolute atomic E-state index is 0.0489. The zero-order valence-corrected chi connectivity index (χ0v) is 11.7. The monoisotopic (exact) mass is 278 g/mol. The SMILES string of the molecule is Cn1cnc2[nH]c(=O)n(CCC3(C)CCOC3)c(=O)c21. The van der Waals surface area contributed by atoms with E-state index in [-0.39, 0.29) is 11.0 Å². The number of rotatable bonds is 3. The average Bonchev–Trinajstić information content (AvgIpc) is 2.97. The summed E-state index contributed by atoms with van der Waals surface area (Å²) < 4.78 is 8.29. The highest BCUT2D eigenvalue weighted by molar-refractivity contribution is 5.68. The fourth-order valence-corrected chi connectivity index (χ4v) is 2.65. The Balaban J connectivity index is 1.97. The number of aromatic amines is 1. The highest BCUT2D eigenvalue weighted by atomic mass is 16.5. The van der Waals surface area contributed by atoms with Crippen molar-refractivity contribution in [2.45, 2.75) is 26.3 Å². The first kappa shape index (κ1) is 13.1. The molecule has 2 aromatic rings. The van der Waals surface area contributed by atoms with Crippen LogP contribution >= 0.6 is 0 Å². The van der Waals surface area contributed by atoms with E-state index >= 15 is 0 Å². The van der Waals surface area contributed by atoms with E-state index in [1.807, 2.05) is 0 Å². The van der Waals surface area contributed by atoms with Gasteiger partial charge in [-0.1, -0.05) is 6.92 Å². The fourth-order valence-electron chi connectivity index (χ4n) is 2.65. The van der Waals surface area contributed by atoms with E-state index in [0.717, 1.165) is 19.4 Å². The number of aryl methyl sites for hydroxylation is 1. The lowest BCUT2D eigenvalue weighted by molar-refractivity contribution is 0.152. The molecule has 0 aliphatic carbocycles. The topological polar surface area (TPSA) is 81.9 Å². The Morgan fingerprint density at radius 2 is 2.30 bits per heavy atom. The van der Waals surface area contributed by atoms with Crippen molar-refractivity contribution in [2.24, 2.45) is 12.5 Å². The number of hydrogen-bond acceptors (Lipinski definition) is 4. The predicted molar refractivity (Wildman–Crippen MR) is 73.8 cm³/mol. The van der Waals surface area contributed by atoms with Gasteiger partial charge in [-0.2, -0.15) is 0 Å². The molecule has 0 saturated carbocycles. The molecule has 1 N–H and O–H groups in total. The maximum atomic E-state index is 12.4. The number of aromatic nitrogens is 4. The molecular formula is C13H18N4O3. The number of nitrogens with one attached hydrogen (secondary N) is 1. The molecule has 1 aliphatic heterocycles. The lowest BCUT2D eigenvalue weighted by atomic mass is 9.86. The molecule has 0 aromatic carbocycles. The van der Waals surface area contributed by atoms with Gasteiger partial charge >= 0.3 is 5.69 Å². The Morgan fingerprint density at radius 1 is 1.50 bits per heavy atom. The van der Waals surface area contributed by atoms with Crippen LogP contribution in [0, 0.1) is 5.41 Å².